The number of nitrogens with one attached hydrogen (secondary N) is 3. The number of carbonyl (C=O) groups excluding carboxylic acids is 10. The van der Waals surface area contributed by atoms with Gasteiger partial charge in [0.1, 0.15) is 11.2 Å². The van der Waals surface area contributed by atoms with E-state index in [9.17, 15) is 18.0 Å². The van der Waals surface area contributed by atoms with E-state index >= 15 is 0 Å². The van der Waals surface area contributed by atoms with Crippen LogP contribution in [0.5, 0.6) is 0 Å². The molecule has 588 valence electrons. The first kappa shape index (κ1) is 91.3. The standard InChI is InChI=1S/C23H27ClN2O2.C21H23ClN2O2.C19H21ClN2O2S.C18H19ClN2.4CO2/c1-6-23(5,16-10-12-17(24)13-11-16)26-15-14-18-19(8-7-9-20(18)26)25-21(27)28-22(2,3)4;1-14(15-8-10-16(22)11-9-15)24-13-12-17-18(6-5-7-19(17)24)23-20(25)26-21(2,3)4;1-4-19(2,14-8-10-15(20)11-9-14)22-13-12-16-17(21-25(3,23)24)6-5-7-18(16)22;1-3-18(2,13-7-9-14(19)10-8-13)21-12-11-15-16(20)5-4-6-17(15)21;4*2-1-3/h7-15H,6H2,1-5H3,(H,25,27);5-14H,1-4H3,(H,23,25);5-13,21H,4H2,1-3H3;4-12H,3,20H2,1-2H3;;;;. The summed E-state index contributed by atoms with van der Waals surface area (Å²) in [6, 6.07) is 63.5. The van der Waals surface area contributed by atoms with Gasteiger partial charge < -0.3 is 33.5 Å². The largest absolute Gasteiger partial charge is 0.444 e. The molecule has 0 aliphatic rings. The monoisotopic (exact) mass is 1620 g/mol. The van der Waals surface area contributed by atoms with Gasteiger partial charge in [-0.1, -0.05) is 140 Å². The third kappa shape index (κ3) is 24.3. The Bertz CT molecular complexity index is 5350. The fourth-order valence-electron chi connectivity index (χ4n) is 12.5. The van der Waals surface area contributed by atoms with E-state index in [1.54, 1.807) is 6.07 Å². The molecule has 112 heavy (non-hydrogen) atoms. The van der Waals surface area contributed by atoms with Crippen LogP contribution in [0.4, 0.5) is 32.3 Å². The first-order chi connectivity index (χ1) is 52.8. The van der Waals surface area contributed by atoms with Crippen LogP contribution in [0.2, 0.25) is 20.1 Å². The summed E-state index contributed by atoms with van der Waals surface area (Å²) >= 11 is 24.1. The fraction of sp³-hybridized carbons (Fsp3) is 0.271. The molecule has 5 N–H and O–H groups in total. The maximum atomic E-state index is 12.2. The zero-order valence-corrected chi connectivity index (χ0v) is 68.3. The number of nitrogens with zero attached hydrogens (tertiary/aromatic N) is 4. The third-order valence-corrected chi connectivity index (χ3v) is 20.0. The second-order valence-electron chi connectivity index (χ2n) is 27.9. The highest BCUT2D eigenvalue weighted by Gasteiger charge is 2.32. The SMILES string of the molecule is CC(c1ccc(Cl)cc1)n1ccc2c(NC(=O)OC(C)(C)C)cccc21.CCC(C)(c1ccc(Cl)cc1)n1ccc2c(N)cccc21.CCC(C)(c1ccc(Cl)cc1)n1ccc2c(NC(=O)OC(C)(C)C)cccc21.CCC(C)(c1ccc(Cl)cc1)n1ccc2c(NS(C)(=O)=O)cccc21.O=C=O.O=C=O.O=C=O.O=C=O. The van der Waals surface area contributed by atoms with Crippen molar-refractivity contribution in [2.75, 3.05) is 27.3 Å². The summed E-state index contributed by atoms with van der Waals surface area (Å²) in [5.41, 5.74) is 16.2. The zero-order valence-electron chi connectivity index (χ0n) is 64.5. The molecule has 12 rings (SSSR count). The quantitative estimate of drug-likeness (QED) is 0.0694. The number of aromatic nitrogens is 4. The highest BCUT2D eigenvalue weighted by atomic mass is 35.5. The van der Waals surface area contributed by atoms with Crippen molar-refractivity contribution in [1.29, 1.82) is 0 Å². The normalized spacial score (nSPS) is 12.6. The van der Waals surface area contributed by atoms with Gasteiger partial charge in [-0.25, -0.2) is 18.0 Å². The Hall–Kier alpha value is -11.3. The Morgan fingerprint density at radius 1 is 0.411 bits per heavy atom. The lowest BCUT2D eigenvalue weighted by atomic mass is 9.89. The Labute approximate surface area is 671 Å². The summed E-state index contributed by atoms with van der Waals surface area (Å²) in [6.45, 7) is 26.4. The number of nitrogens with two attached hydrogens (primary N) is 1. The summed E-state index contributed by atoms with van der Waals surface area (Å²) < 4.78 is 45.5. The topological polar surface area (TPSA) is 305 Å². The van der Waals surface area contributed by atoms with E-state index in [2.05, 4.69) is 137 Å². The first-order valence-corrected chi connectivity index (χ1v) is 38.4. The summed E-state index contributed by atoms with van der Waals surface area (Å²) in [5, 5.41) is 12.6. The van der Waals surface area contributed by atoms with Crippen molar-refractivity contribution in [2.45, 2.75) is 143 Å². The van der Waals surface area contributed by atoms with Crippen LogP contribution in [0.25, 0.3) is 43.6 Å². The van der Waals surface area contributed by atoms with E-state index in [-0.39, 0.29) is 47.3 Å². The van der Waals surface area contributed by atoms with Gasteiger partial charge >= 0.3 is 36.8 Å². The third-order valence-electron chi connectivity index (χ3n) is 18.4. The van der Waals surface area contributed by atoms with Crippen molar-refractivity contribution in [3.8, 4) is 0 Å². The molecule has 8 aromatic carbocycles. The Kier molecular flexibility index (Phi) is 33.5. The molecule has 12 aromatic rings. The Balaban J connectivity index is 0.000000255. The average molecular weight is 1620 g/mol. The van der Waals surface area contributed by atoms with Crippen molar-refractivity contribution < 1.29 is 65.8 Å². The number of benzene rings is 8. The first-order valence-electron chi connectivity index (χ1n) is 35.0. The number of anilines is 4. The molecule has 4 heterocycles. The molecular weight excluding hydrogens is 1530 g/mol. The molecule has 0 saturated carbocycles. The van der Waals surface area contributed by atoms with Crippen LogP contribution in [-0.2, 0) is 74.5 Å². The molecule has 0 bridgehead atoms. The van der Waals surface area contributed by atoms with Crippen LogP contribution in [0.3, 0.4) is 0 Å². The molecular formula is C85H90Cl4N8O14S. The van der Waals surface area contributed by atoms with E-state index in [0.717, 1.165) is 112 Å². The van der Waals surface area contributed by atoms with Crippen LogP contribution in [0, 0.1) is 0 Å². The van der Waals surface area contributed by atoms with Crippen LogP contribution in [0.1, 0.15) is 138 Å². The smallest absolute Gasteiger partial charge is 0.412 e. The van der Waals surface area contributed by atoms with E-state index in [4.69, 9.17) is 100.0 Å². The van der Waals surface area contributed by atoms with E-state index in [0.29, 0.717) is 10.7 Å². The van der Waals surface area contributed by atoms with Crippen molar-refractivity contribution in [2.24, 2.45) is 0 Å². The predicted molar refractivity (Wildman–Crippen MR) is 439 cm³/mol. The minimum Gasteiger partial charge on any atom is -0.444 e. The van der Waals surface area contributed by atoms with Gasteiger partial charge in [0.2, 0.25) is 10.0 Å². The van der Waals surface area contributed by atoms with Crippen LogP contribution in [-0.4, -0.2) is 80.9 Å². The number of hydrogen-bond donors (Lipinski definition) is 4. The van der Waals surface area contributed by atoms with Gasteiger partial charge in [-0.15, -0.1) is 0 Å². The molecule has 27 heteroatoms. The number of rotatable bonds is 15. The van der Waals surface area contributed by atoms with Gasteiger partial charge in [-0.2, -0.15) is 38.4 Å². The summed E-state index contributed by atoms with van der Waals surface area (Å²) in [6.07, 6.45) is 12.2. The lowest BCUT2D eigenvalue weighted by Crippen LogP contribution is -2.30. The van der Waals surface area contributed by atoms with Crippen LogP contribution in [0.15, 0.2) is 219 Å². The highest BCUT2D eigenvalue weighted by Crippen LogP contribution is 2.40. The van der Waals surface area contributed by atoms with Gasteiger partial charge in [0, 0.05) is 72.1 Å². The number of hydrogen-bond acceptors (Lipinski definition) is 15. The number of nitrogen functional groups attached to an aromatic ring is 1. The second-order valence-corrected chi connectivity index (χ2v) is 31.4. The molecule has 0 aliphatic carbocycles. The summed E-state index contributed by atoms with van der Waals surface area (Å²) in [7, 11) is -3.33. The second kappa shape index (κ2) is 41.1. The van der Waals surface area contributed by atoms with Gasteiger partial charge in [0.15, 0.2) is 0 Å². The minimum atomic E-state index is -3.33. The van der Waals surface area contributed by atoms with Gasteiger partial charge in [0.05, 0.1) is 68.0 Å². The molecule has 2 amide bonds. The number of halogens is 4. The molecule has 0 aliphatic heterocycles. The maximum absolute atomic E-state index is 12.2. The lowest BCUT2D eigenvalue weighted by Gasteiger charge is -2.32. The number of ether oxygens (including phenoxy) is 2. The molecule has 22 nitrogen and oxygen atoms in total. The molecule has 4 atom stereocenters. The zero-order chi connectivity index (χ0) is 83.5. The van der Waals surface area contributed by atoms with Crippen LogP contribution >= 0.6 is 46.4 Å². The molecule has 0 spiro atoms. The van der Waals surface area contributed by atoms with Crippen molar-refractivity contribution in [3.05, 3.63) is 261 Å². The van der Waals surface area contributed by atoms with Crippen molar-refractivity contribution >= 4 is 160 Å². The number of fused-ring (bicyclic) bond motifs is 4. The van der Waals surface area contributed by atoms with Gasteiger partial charge in [0.25, 0.3) is 0 Å². The van der Waals surface area contributed by atoms with Crippen molar-refractivity contribution in [1.82, 2.24) is 18.3 Å². The number of carbonyl (C=O) groups is 2. The molecule has 0 radical (unpaired) electrons. The van der Waals surface area contributed by atoms with Gasteiger partial charge in [-0.05, 0) is 232 Å². The van der Waals surface area contributed by atoms with E-state index in [1.165, 1.54) is 11.1 Å². The molecule has 4 aromatic heterocycles. The molecule has 4 unspecified atom stereocenters. The summed E-state index contributed by atoms with van der Waals surface area (Å²) in [4.78, 5) is 89.3. The fourth-order valence-corrected chi connectivity index (χ4v) is 13.6. The number of amides is 2. The van der Waals surface area contributed by atoms with Crippen LogP contribution < -0.4 is 21.1 Å². The average Bonchev–Trinajstić information content (AvgIpc) is 1.59. The Morgan fingerprint density at radius 3 is 1.02 bits per heavy atom. The predicted octanol–water partition coefficient (Wildman–Crippen LogP) is 20.6. The molecule has 0 saturated heterocycles. The summed E-state index contributed by atoms with van der Waals surface area (Å²) in [5.74, 6) is 0. The highest BCUT2D eigenvalue weighted by molar-refractivity contribution is 7.92. The molecule has 0 fully saturated rings. The van der Waals surface area contributed by atoms with Gasteiger partial charge in [-0.3, -0.25) is 15.4 Å². The minimum absolute atomic E-state index is 0.125. The number of sulfonamides is 1. The lowest BCUT2D eigenvalue weighted by molar-refractivity contribution is -0.193. The van der Waals surface area contributed by atoms with E-state index < -0.39 is 33.4 Å². The van der Waals surface area contributed by atoms with E-state index in [1.807, 2.05) is 200 Å². The Morgan fingerprint density at radius 2 is 0.688 bits per heavy atom. The maximum Gasteiger partial charge on any atom is 0.412 e. The van der Waals surface area contributed by atoms with Crippen molar-refractivity contribution in [3.63, 3.8) is 0 Å².